The van der Waals surface area contributed by atoms with Gasteiger partial charge in [0.25, 0.3) is 5.95 Å². The highest BCUT2D eigenvalue weighted by atomic mass is 16.2. The predicted molar refractivity (Wildman–Crippen MR) is 95.0 cm³/mol. The molecule has 3 heterocycles. The van der Waals surface area contributed by atoms with Gasteiger partial charge in [-0.25, -0.2) is 19.4 Å². The molecule has 1 aliphatic heterocycles. The molecule has 1 saturated heterocycles. The molecule has 0 bridgehead atoms. The van der Waals surface area contributed by atoms with Crippen LogP contribution in [-0.2, 0) is 0 Å². The second-order valence-corrected chi connectivity index (χ2v) is 6.69. The Morgan fingerprint density at radius 2 is 1.76 bits per heavy atom. The Morgan fingerprint density at radius 3 is 2.48 bits per heavy atom. The van der Waals surface area contributed by atoms with Gasteiger partial charge in [0.1, 0.15) is 0 Å². The minimum atomic E-state index is -0.184. The number of hydrogen-bond donors (Lipinski definition) is 2. The zero-order valence-electron chi connectivity index (χ0n) is 14.2. The van der Waals surface area contributed by atoms with Gasteiger partial charge in [0.15, 0.2) is 0 Å². The number of urea groups is 1. The lowest BCUT2D eigenvalue weighted by Crippen LogP contribution is -2.36. The molecule has 1 saturated carbocycles. The van der Waals surface area contributed by atoms with Crippen molar-refractivity contribution in [3.05, 3.63) is 24.8 Å². The maximum Gasteiger partial charge on any atom is 0.319 e. The number of amides is 2. The van der Waals surface area contributed by atoms with E-state index in [0.29, 0.717) is 11.6 Å². The highest BCUT2D eigenvalue weighted by Gasteiger charge is 2.17. The number of carbonyl (C=O) groups excluding carboxylic acids is 1. The molecule has 4 rings (SSSR count). The van der Waals surface area contributed by atoms with E-state index in [4.69, 9.17) is 0 Å². The van der Waals surface area contributed by atoms with E-state index >= 15 is 0 Å². The summed E-state index contributed by atoms with van der Waals surface area (Å²) in [4.78, 5) is 23.1. The molecule has 0 aromatic carbocycles. The van der Waals surface area contributed by atoms with E-state index in [1.165, 1.54) is 25.7 Å². The van der Waals surface area contributed by atoms with Crippen molar-refractivity contribution in [2.24, 2.45) is 0 Å². The molecular weight excluding hydrogens is 318 g/mol. The van der Waals surface area contributed by atoms with Gasteiger partial charge in [0, 0.05) is 19.1 Å². The largest absolute Gasteiger partial charge is 0.369 e. The molecule has 8 nitrogen and oxygen atoms in total. The van der Waals surface area contributed by atoms with Crippen LogP contribution in [0.5, 0.6) is 0 Å². The van der Waals surface area contributed by atoms with Crippen LogP contribution in [0.25, 0.3) is 5.95 Å². The molecule has 0 unspecified atom stereocenters. The van der Waals surface area contributed by atoms with Crippen LogP contribution in [0.2, 0.25) is 0 Å². The Balaban J connectivity index is 1.37. The van der Waals surface area contributed by atoms with Crippen LogP contribution in [0.4, 0.5) is 16.2 Å². The van der Waals surface area contributed by atoms with Gasteiger partial charge in [-0.15, -0.1) is 0 Å². The highest BCUT2D eigenvalue weighted by molar-refractivity contribution is 5.89. The predicted octanol–water partition coefficient (Wildman–Crippen LogP) is 2.33. The molecule has 2 amide bonds. The second kappa shape index (κ2) is 7.08. The lowest BCUT2D eigenvalue weighted by Gasteiger charge is -2.16. The molecule has 2 fully saturated rings. The first-order valence-electron chi connectivity index (χ1n) is 8.97. The van der Waals surface area contributed by atoms with Gasteiger partial charge in [-0.05, 0) is 25.7 Å². The highest BCUT2D eigenvalue weighted by Crippen LogP contribution is 2.19. The SMILES string of the molecule is O=C(Nc1cnn(-c2ncc(N3CCCC3)cn2)c1)NC1CCCC1. The van der Waals surface area contributed by atoms with Gasteiger partial charge >= 0.3 is 6.03 Å². The van der Waals surface area contributed by atoms with Crippen molar-refractivity contribution in [2.45, 2.75) is 44.6 Å². The Kier molecular flexibility index (Phi) is 4.49. The maximum absolute atomic E-state index is 12.0. The first kappa shape index (κ1) is 15.9. The summed E-state index contributed by atoms with van der Waals surface area (Å²) in [6, 6.07) is 0.105. The first-order chi connectivity index (χ1) is 12.3. The molecule has 0 spiro atoms. The Morgan fingerprint density at radius 1 is 1.04 bits per heavy atom. The first-order valence-corrected chi connectivity index (χ1v) is 8.97. The summed E-state index contributed by atoms with van der Waals surface area (Å²) >= 11 is 0. The topological polar surface area (TPSA) is 88.0 Å². The van der Waals surface area contributed by atoms with E-state index in [1.807, 2.05) is 12.4 Å². The van der Waals surface area contributed by atoms with Gasteiger partial charge in [0.05, 0.1) is 36.2 Å². The van der Waals surface area contributed by atoms with Crippen molar-refractivity contribution in [3.8, 4) is 5.95 Å². The van der Waals surface area contributed by atoms with Crippen molar-refractivity contribution < 1.29 is 4.79 Å². The van der Waals surface area contributed by atoms with Crippen LogP contribution >= 0.6 is 0 Å². The monoisotopic (exact) mass is 341 g/mol. The summed E-state index contributed by atoms with van der Waals surface area (Å²) in [6.45, 7) is 2.13. The lowest BCUT2D eigenvalue weighted by atomic mass is 10.2. The van der Waals surface area contributed by atoms with Crippen LogP contribution in [0.3, 0.4) is 0 Å². The zero-order valence-corrected chi connectivity index (χ0v) is 14.2. The molecule has 2 aliphatic rings. The van der Waals surface area contributed by atoms with E-state index < -0.39 is 0 Å². The molecule has 2 aromatic rings. The fourth-order valence-electron chi connectivity index (χ4n) is 3.49. The van der Waals surface area contributed by atoms with Crippen molar-refractivity contribution in [2.75, 3.05) is 23.3 Å². The average Bonchev–Trinajstić information content (AvgIpc) is 3.38. The van der Waals surface area contributed by atoms with Crippen molar-refractivity contribution in [3.63, 3.8) is 0 Å². The van der Waals surface area contributed by atoms with Crippen LogP contribution < -0.4 is 15.5 Å². The molecular formula is C17H23N7O. The van der Waals surface area contributed by atoms with Gasteiger partial charge in [-0.2, -0.15) is 5.10 Å². The molecule has 132 valence electrons. The van der Waals surface area contributed by atoms with Crippen molar-refractivity contribution >= 4 is 17.4 Å². The Hall–Kier alpha value is -2.64. The number of anilines is 2. The number of nitrogens with zero attached hydrogens (tertiary/aromatic N) is 5. The minimum Gasteiger partial charge on any atom is -0.369 e. The number of nitrogens with one attached hydrogen (secondary N) is 2. The van der Waals surface area contributed by atoms with E-state index in [-0.39, 0.29) is 12.1 Å². The summed E-state index contributed by atoms with van der Waals surface area (Å²) in [6.07, 6.45) is 13.9. The fourth-order valence-corrected chi connectivity index (χ4v) is 3.49. The van der Waals surface area contributed by atoms with Gasteiger partial charge < -0.3 is 15.5 Å². The maximum atomic E-state index is 12.0. The number of carbonyl (C=O) groups is 1. The summed E-state index contributed by atoms with van der Waals surface area (Å²) in [5, 5.41) is 10.0. The average molecular weight is 341 g/mol. The van der Waals surface area contributed by atoms with Gasteiger partial charge in [-0.3, -0.25) is 0 Å². The summed E-state index contributed by atoms with van der Waals surface area (Å²) in [5.41, 5.74) is 1.67. The van der Waals surface area contributed by atoms with Gasteiger partial charge in [0.2, 0.25) is 0 Å². The number of rotatable bonds is 4. The lowest BCUT2D eigenvalue weighted by molar-refractivity contribution is 0.248. The van der Waals surface area contributed by atoms with Crippen LogP contribution in [0, 0.1) is 0 Å². The van der Waals surface area contributed by atoms with Crippen molar-refractivity contribution in [1.29, 1.82) is 0 Å². The molecule has 2 N–H and O–H groups in total. The molecule has 0 atom stereocenters. The summed E-state index contributed by atoms with van der Waals surface area (Å²) in [7, 11) is 0. The molecule has 0 radical (unpaired) electrons. The third-order valence-electron chi connectivity index (χ3n) is 4.83. The van der Waals surface area contributed by atoms with E-state index in [1.54, 1.807) is 17.1 Å². The Bertz CT molecular complexity index is 715. The van der Waals surface area contributed by atoms with E-state index in [0.717, 1.165) is 31.6 Å². The number of hydrogen-bond acceptors (Lipinski definition) is 5. The minimum absolute atomic E-state index is 0.184. The van der Waals surface area contributed by atoms with E-state index in [9.17, 15) is 4.79 Å². The van der Waals surface area contributed by atoms with Crippen LogP contribution in [-0.4, -0.2) is 44.9 Å². The molecule has 8 heteroatoms. The van der Waals surface area contributed by atoms with Crippen molar-refractivity contribution in [1.82, 2.24) is 25.1 Å². The number of aromatic nitrogens is 4. The molecule has 25 heavy (non-hydrogen) atoms. The smallest absolute Gasteiger partial charge is 0.319 e. The fraction of sp³-hybridized carbons (Fsp3) is 0.529. The van der Waals surface area contributed by atoms with Crippen LogP contribution in [0.15, 0.2) is 24.8 Å². The quantitative estimate of drug-likeness (QED) is 0.891. The normalized spacial score (nSPS) is 17.8. The zero-order chi connectivity index (χ0) is 17.1. The van der Waals surface area contributed by atoms with E-state index in [2.05, 4.69) is 30.6 Å². The standard InChI is InChI=1S/C17H23N7O/c25-17(21-13-5-1-2-6-13)22-14-9-20-24(12-14)16-18-10-15(11-19-16)23-7-3-4-8-23/h9-13H,1-8H2,(H2,21,22,25). The summed E-state index contributed by atoms with van der Waals surface area (Å²) in [5.74, 6) is 0.493. The summed E-state index contributed by atoms with van der Waals surface area (Å²) < 4.78 is 1.57. The Labute approximate surface area is 146 Å². The second-order valence-electron chi connectivity index (χ2n) is 6.69. The molecule has 1 aliphatic carbocycles. The van der Waals surface area contributed by atoms with Gasteiger partial charge in [-0.1, -0.05) is 12.8 Å². The third-order valence-corrected chi connectivity index (χ3v) is 4.83. The third kappa shape index (κ3) is 3.72. The molecule has 2 aromatic heterocycles. The van der Waals surface area contributed by atoms with Crippen LogP contribution in [0.1, 0.15) is 38.5 Å².